The van der Waals surface area contributed by atoms with Gasteiger partial charge < -0.3 is 16.0 Å². The molecule has 0 aromatic heterocycles. The maximum atomic E-state index is 12.0. The number of hydrogen-bond acceptors (Lipinski definition) is 3. The third-order valence-electron chi connectivity index (χ3n) is 3.61. The van der Waals surface area contributed by atoms with E-state index in [1.165, 1.54) is 0 Å². The van der Waals surface area contributed by atoms with Crippen molar-refractivity contribution in [2.75, 3.05) is 13.1 Å². The number of carbonyl (C=O) groups is 2. The Morgan fingerprint density at radius 3 is 2.88 bits per heavy atom. The van der Waals surface area contributed by atoms with E-state index in [-0.39, 0.29) is 23.8 Å². The Balaban J connectivity index is 1.78. The number of piperidine rings is 2. The molecule has 2 aliphatic heterocycles. The van der Waals surface area contributed by atoms with Crippen LogP contribution in [0, 0.1) is 5.92 Å². The van der Waals surface area contributed by atoms with Gasteiger partial charge in [0.1, 0.15) is 0 Å². The van der Waals surface area contributed by atoms with Crippen molar-refractivity contribution in [1.82, 2.24) is 16.0 Å². The highest BCUT2D eigenvalue weighted by Gasteiger charge is 2.27. The molecule has 0 bridgehead atoms. The van der Waals surface area contributed by atoms with E-state index < -0.39 is 0 Å². The molecule has 2 aliphatic rings. The Labute approximate surface area is 102 Å². The highest BCUT2D eigenvalue weighted by atomic mass is 16.2. The zero-order valence-electron chi connectivity index (χ0n) is 10.3. The molecule has 0 saturated carbocycles. The van der Waals surface area contributed by atoms with Gasteiger partial charge in [0.05, 0.1) is 5.92 Å². The molecule has 2 amide bonds. The monoisotopic (exact) mass is 239 g/mol. The largest absolute Gasteiger partial charge is 0.355 e. The molecule has 17 heavy (non-hydrogen) atoms. The summed E-state index contributed by atoms with van der Waals surface area (Å²) in [6, 6.07) is 0.761. The van der Waals surface area contributed by atoms with Crippen LogP contribution in [0.15, 0.2) is 0 Å². The standard InChI is InChI=1S/C12H21N3O2/c1-8-6-10(4-5-13-8)15-12(17)9-2-3-11(16)14-7-9/h8-10,13H,2-7H2,1H3,(H,14,16)(H,15,17). The predicted octanol–water partition coefficient (Wildman–Crippen LogP) is -0.231. The normalized spacial score (nSPS) is 33.9. The third kappa shape index (κ3) is 3.43. The molecule has 0 aliphatic carbocycles. The van der Waals surface area contributed by atoms with E-state index in [4.69, 9.17) is 0 Å². The van der Waals surface area contributed by atoms with Crippen LogP contribution in [0.2, 0.25) is 0 Å². The first-order valence-electron chi connectivity index (χ1n) is 6.45. The Morgan fingerprint density at radius 2 is 2.24 bits per heavy atom. The van der Waals surface area contributed by atoms with Crippen molar-refractivity contribution in [2.45, 2.75) is 44.7 Å². The molecule has 3 unspecified atom stereocenters. The van der Waals surface area contributed by atoms with Gasteiger partial charge >= 0.3 is 0 Å². The van der Waals surface area contributed by atoms with Crippen molar-refractivity contribution in [3.05, 3.63) is 0 Å². The molecule has 2 fully saturated rings. The van der Waals surface area contributed by atoms with Crippen molar-refractivity contribution in [2.24, 2.45) is 5.92 Å². The topological polar surface area (TPSA) is 70.2 Å². The molecular formula is C12H21N3O2. The Morgan fingerprint density at radius 1 is 1.41 bits per heavy atom. The molecule has 2 rings (SSSR count). The van der Waals surface area contributed by atoms with Gasteiger partial charge in [0.15, 0.2) is 0 Å². The van der Waals surface area contributed by atoms with E-state index in [0.29, 0.717) is 25.4 Å². The fourth-order valence-corrected chi connectivity index (χ4v) is 2.54. The summed E-state index contributed by atoms with van der Waals surface area (Å²) in [4.78, 5) is 23.0. The molecule has 96 valence electrons. The molecule has 0 radical (unpaired) electrons. The lowest BCUT2D eigenvalue weighted by atomic mass is 9.96. The van der Waals surface area contributed by atoms with Crippen molar-refractivity contribution in [3.63, 3.8) is 0 Å². The first-order valence-corrected chi connectivity index (χ1v) is 6.45. The van der Waals surface area contributed by atoms with Gasteiger partial charge in [0.2, 0.25) is 11.8 Å². The summed E-state index contributed by atoms with van der Waals surface area (Å²) in [6.07, 6.45) is 3.14. The minimum absolute atomic E-state index is 0.0436. The lowest BCUT2D eigenvalue weighted by molar-refractivity contribution is -0.129. The number of rotatable bonds is 2. The van der Waals surface area contributed by atoms with Crippen LogP contribution in [0.5, 0.6) is 0 Å². The Hall–Kier alpha value is -1.10. The van der Waals surface area contributed by atoms with E-state index in [9.17, 15) is 9.59 Å². The molecular weight excluding hydrogens is 218 g/mol. The quantitative estimate of drug-likeness (QED) is 0.623. The maximum absolute atomic E-state index is 12.0. The summed E-state index contributed by atoms with van der Waals surface area (Å²) in [6.45, 7) is 3.60. The molecule has 2 saturated heterocycles. The average Bonchev–Trinajstić information content (AvgIpc) is 2.29. The van der Waals surface area contributed by atoms with Gasteiger partial charge in [-0.25, -0.2) is 0 Å². The smallest absolute Gasteiger partial charge is 0.225 e. The van der Waals surface area contributed by atoms with Crippen LogP contribution in [0.1, 0.15) is 32.6 Å². The van der Waals surface area contributed by atoms with Crippen LogP contribution in [0.3, 0.4) is 0 Å². The first kappa shape index (κ1) is 12.4. The van der Waals surface area contributed by atoms with Gasteiger partial charge in [-0.2, -0.15) is 0 Å². The fourth-order valence-electron chi connectivity index (χ4n) is 2.54. The van der Waals surface area contributed by atoms with Crippen molar-refractivity contribution in [1.29, 1.82) is 0 Å². The molecule has 3 atom stereocenters. The van der Waals surface area contributed by atoms with E-state index in [1.807, 2.05) is 0 Å². The van der Waals surface area contributed by atoms with Crippen LogP contribution < -0.4 is 16.0 Å². The highest BCUT2D eigenvalue weighted by Crippen LogP contribution is 2.13. The van der Waals surface area contributed by atoms with Gasteiger partial charge in [0.25, 0.3) is 0 Å². The predicted molar refractivity (Wildman–Crippen MR) is 64.4 cm³/mol. The Kier molecular flexibility index (Phi) is 3.99. The summed E-state index contributed by atoms with van der Waals surface area (Å²) in [5.41, 5.74) is 0. The average molecular weight is 239 g/mol. The lowest BCUT2D eigenvalue weighted by Crippen LogP contribution is -2.50. The zero-order valence-corrected chi connectivity index (χ0v) is 10.3. The number of nitrogens with one attached hydrogen (secondary N) is 3. The van der Waals surface area contributed by atoms with Gasteiger partial charge in [0, 0.05) is 25.0 Å². The van der Waals surface area contributed by atoms with Crippen LogP contribution in [0.4, 0.5) is 0 Å². The van der Waals surface area contributed by atoms with E-state index in [1.54, 1.807) is 0 Å². The molecule has 0 aromatic rings. The number of hydrogen-bond donors (Lipinski definition) is 3. The second kappa shape index (κ2) is 5.49. The maximum Gasteiger partial charge on any atom is 0.225 e. The van der Waals surface area contributed by atoms with Gasteiger partial charge in [-0.05, 0) is 32.7 Å². The molecule has 0 spiro atoms. The molecule has 3 N–H and O–H groups in total. The second-order valence-electron chi connectivity index (χ2n) is 5.12. The number of amides is 2. The molecule has 0 aromatic carbocycles. The fraction of sp³-hybridized carbons (Fsp3) is 0.833. The molecule has 5 heteroatoms. The minimum Gasteiger partial charge on any atom is -0.355 e. The van der Waals surface area contributed by atoms with Gasteiger partial charge in [-0.15, -0.1) is 0 Å². The van der Waals surface area contributed by atoms with Gasteiger partial charge in [-0.1, -0.05) is 0 Å². The van der Waals surface area contributed by atoms with E-state index >= 15 is 0 Å². The van der Waals surface area contributed by atoms with Crippen molar-refractivity contribution in [3.8, 4) is 0 Å². The number of carbonyl (C=O) groups excluding carboxylic acids is 2. The van der Waals surface area contributed by atoms with Crippen LogP contribution >= 0.6 is 0 Å². The van der Waals surface area contributed by atoms with E-state index in [0.717, 1.165) is 19.4 Å². The van der Waals surface area contributed by atoms with Crippen molar-refractivity contribution < 1.29 is 9.59 Å². The second-order valence-corrected chi connectivity index (χ2v) is 5.12. The van der Waals surface area contributed by atoms with Crippen LogP contribution in [-0.4, -0.2) is 37.0 Å². The lowest BCUT2D eigenvalue weighted by Gasteiger charge is -2.30. The highest BCUT2D eigenvalue weighted by molar-refractivity contribution is 5.83. The molecule has 2 heterocycles. The van der Waals surface area contributed by atoms with Gasteiger partial charge in [-0.3, -0.25) is 9.59 Å². The third-order valence-corrected chi connectivity index (χ3v) is 3.61. The van der Waals surface area contributed by atoms with Crippen LogP contribution in [-0.2, 0) is 9.59 Å². The summed E-state index contributed by atoms with van der Waals surface area (Å²) >= 11 is 0. The SMILES string of the molecule is CC1CC(NC(=O)C2CCC(=O)NC2)CCN1. The Bertz CT molecular complexity index is 296. The first-order chi connectivity index (χ1) is 8.15. The summed E-state index contributed by atoms with van der Waals surface area (Å²) in [5.74, 6) is 0.117. The summed E-state index contributed by atoms with van der Waals surface area (Å²) < 4.78 is 0. The van der Waals surface area contributed by atoms with E-state index in [2.05, 4.69) is 22.9 Å². The molecule has 5 nitrogen and oxygen atoms in total. The van der Waals surface area contributed by atoms with Crippen LogP contribution in [0.25, 0.3) is 0 Å². The zero-order chi connectivity index (χ0) is 12.3. The summed E-state index contributed by atoms with van der Waals surface area (Å²) in [7, 11) is 0. The summed E-state index contributed by atoms with van der Waals surface area (Å²) in [5, 5.41) is 9.21. The van der Waals surface area contributed by atoms with Crippen molar-refractivity contribution >= 4 is 11.8 Å². The minimum atomic E-state index is -0.0436.